The Balaban J connectivity index is 2.02. The highest BCUT2D eigenvalue weighted by molar-refractivity contribution is 7.84. The van der Waals surface area contributed by atoms with E-state index in [0.29, 0.717) is 0 Å². The molecule has 25 heavy (non-hydrogen) atoms. The molecular formula is C21H29NOSSi. The Bertz CT molecular complexity index is 826. The molecule has 0 aliphatic carbocycles. The van der Waals surface area contributed by atoms with Gasteiger partial charge in [-0.25, -0.2) is 8.51 Å². The van der Waals surface area contributed by atoms with E-state index in [1.807, 2.05) is 0 Å². The first-order valence-electron chi connectivity index (χ1n) is 8.97. The number of fused-ring (bicyclic) bond motifs is 1. The molecule has 0 N–H and O–H groups in total. The molecule has 4 atom stereocenters. The summed E-state index contributed by atoms with van der Waals surface area (Å²) in [4.78, 5) is 0. The monoisotopic (exact) mass is 371 g/mol. The second-order valence-corrected chi connectivity index (χ2v) is 16.2. The van der Waals surface area contributed by atoms with Gasteiger partial charge in [-0.05, 0) is 37.1 Å². The summed E-state index contributed by atoms with van der Waals surface area (Å²) in [6.07, 6.45) is 2.31. The van der Waals surface area contributed by atoms with Crippen LogP contribution in [0.15, 0.2) is 54.2 Å². The lowest BCUT2D eigenvalue weighted by Gasteiger charge is -2.19. The normalized spacial score (nSPS) is 25.4. The molecule has 134 valence electrons. The van der Waals surface area contributed by atoms with Gasteiger partial charge >= 0.3 is 0 Å². The average molecular weight is 372 g/mol. The molecule has 2 aromatic carbocycles. The molecule has 1 aliphatic heterocycles. The number of hydrogen-bond acceptors (Lipinski definition) is 1. The topological polar surface area (TPSA) is 20.1 Å². The van der Waals surface area contributed by atoms with Crippen molar-refractivity contribution >= 4 is 29.8 Å². The van der Waals surface area contributed by atoms with Crippen molar-refractivity contribution in [3.8, 4) is 0 Å². The van der Waals surface area contributed by atoms with Gasteiger partial charge in [0, 0.05) is 0 Å². The van der Waals surface area contributed by atoms with Crippen molar-refractivity contribution in [2.24, 2.45) is 0 Å². The number of nitrogens with zero attached hydrogens (tertiary/aromatic N) is 1. The molecule has 4 unspecified atom stereocenters. The molecule has 1 aliphatic rings. The average Bonchev–Trinajstić information content (AvgIpc) is 3.24. The number of hydrogen-bond donors (Lipinski definition) is 0. The first kappa shape index (κ1) is 18.6. The molecule has 0 saturated carbocycles. The molecule has 0 aromatic heterocycles. The van der Waals surface area contributed by atoms with Crippen LogP contribution in [-0.4, -0.2) is 27.4 Å². The highest BCUT2D eigenvalue weighted by Gasteiger charge is 2.53. The van der Waals surface area contributed by atoms with Crippen LogP contribution in [0.1, 0.15) is 32.4 Å². The van der Waals surface area contributed by atoms with E-state index in [1.165, 1.54) is 16.3 Å². The first-order valence-corrected chi connectivity index (χ1v) is 13.7. The second kappa shape index (κ2) is 6.49. The summed E-state index contributed by atoms with van der Waals surface area (Å²) in [5.74, 6) is 0. The predicted molar refractivity (Wildman–Crippen MR) is 113 cm³/mol. The molecule has 0 radical (unpaired) electrons. The van der Waals surface area contributed by atoms with Gasteiger partial charge in [0.05, 0.1) is 24.9 Å². The van der Waals surface area contributed by atoms with Crippen LogP contribution in [0.3, 0.4) is 0 Å². The third-order valence-electron chi connectivity index (χ3n) is 4.45. The van der Waals surface area contributed by atoms with Crippen LogP contribution in [0.5, 0.6) is 0 Å². The minimum atomic E-state index is -1.28. The highest BCUT2D eigenvalue weighted by atomic mass is 32.2. The van der Waals surface area contributed by atoms with Crippen LogP contribution in [-0.2, 0) is 11.0 Å². The Morgan fingerprint density at radius 1 is 1.04 bits per heavy atom. The SMILES string of the molecule is CC(C)(C)S(=O)N1C(/C=C/[Si](C)(C)C)C1c1cccc2ccccc12. The fourth-order valence-electron chi connectivity index (χ4n) is 3.17. The van der Waals surface area contributed by atoms with Crippen LogP contribution in [0.25, 0.3) is 10.8 Å². The molecule has 4 heteroatoms. The Labute approximate surface area is 155 Å². The van der Waals surface area contributed by atoms with Gasteiger partial charge in [0.25, 0.3) is 0 Å². The van der Waals surface area contributed by atoms with Gasteiger partial charge in [0.1, 0.15) is 11.0 Å². The summed E-state index contributed by atoms with van der Waals surface area (Å²) in [5.41, 5.74) is 3.68. The Kier molecular flexibility index (Phi) is 4.82. The zero-order valence-corrected chi connectivity index (χ0v) is 17.9. The third kappa shape index (κ3) is 3.96. The molecule has 2 nitrogen and oxygen atoms in total. The largest absolute Gasteiger partial charge is 0.242 e. The van der Waals surface area contributed by atoms with E-state index in [0.717, 1.165) is 0 Å². The molecule has 0 amide bonds. The van der Waals surface area contributed by atoms with Crippen molar-refractivity contribution in [1.29, 1.82) is 0 Å². The van der Waals surface area contributed by atoms with Gasteiger partial charge in [-0.1, -0.05) is 73.9 Å². The van der Waals surface area contributed by atoms with Gasteiger partial charge in [0.15, 0.2) is 0 Å². The van der Waals surface area contributed by atoms with E-state index in [4.69, 9.17) is 0 Å². The van der Waals surface area contributed by atoms with Gasteiger partial charge < -0.3 is 0 Å². The summed E-state index contributed by atoms with van der Waals surface area (Å²) in [6, 6.07) is 15.4. The minimum absolute atomic E-state index is 0.207. The van der Waals surface area contributed by atoms with Gasteiger partial charge in [-0.3, -0.25) is 0 Å². The van der Waals surface area contributed by atoms with E-state index >= 15 is 0 Å². The smallest absolute Gasteiger partial charge is 0.101 e. The summed E-state index contributed by atoms with van der Waals surface area (Å²) in [7, 11) is -2.29. The van der Waals surface area contributed by atoms with Crippen LogP contribution in [0.4, 0.5) is 0 Å². The van der Waals surface area contributed by atoms with Crippen molar-refractivity contribution < 1.29 is 4.21 Å². The first-order chi connectivity index (χ1) is 11.6. The standard InChI is InChI=1S/C21H29NOSSi/c1-21(2,3)24(23)22-19(14-15-25(4,5)6)20(22)18-13-9-11-16-10-7-8-12-17(16)18/h7-15,19-20H,1-6H3/b15-14+. The zero-order chi connectivity index (χ0) is 18.4. The highest BCUT2D eigenvalue weighted by Crippen LogP contribution is 2.49. The third-order valence-corrected chi connectivity index (χ3v) is 7.55. The maximum Gasteiger partial charge on any atom is 0.101 e. The van der Waals surface area contributed by atoms with Crippen LogP contribution in [0, 0.1) is 0 Å². The van der Waals surface area contributed by atoms with Crippen molar-refractivity contribution in [1.82, 2.24) is 4.31 Å². The van der Waals surface area contributed by atoms with Crippen LogP contribution < -0.4 is 0 Å². The van der Waals surface area contributed by atoms with E-state index in [-0.39, 0.29) is 16.8 Å². The molecule has 0 bridgehead atoms. The maximum absolute atomic E-state index is 13.1. The zero-order valence-electron chi connectivity index (χ0n) is 16.1. The second-order valence-electron chi connectivity index (χ2n) is 8.95. The van der Waals surface area contributed by atoms with E-state index < -0.39 is 19.1 Å². The summed E-state index contributed by atoms with van der Waals surface area (Å²) < 4.78 is 15.0. The quantitative estimate of drug-likeness (QED) is 0.516. The molecule has 1 fully saturated rings. The van der Waals surface area contributed by atoms with E-state index in [1.54, 1.807) is 0 Å². The van der Waals surface area contributed by atoms with Gasteiger partial charge in [-0.15, -0.1) is 0 Å². The van der Waals surface area contributed by atoms with Gasteiger partial charge in [0.2, 0.25) is 0 Å². The minimum Gasteiger partial charge on any atom is -0.242 e. The van der Waals surface area contributed by atoms with Crippen molar-refractivity contribution in [3.63, 3.8) is 0 Å². The number of benzene rings is 2. The number of rotatable bonds is 4. The Hall–Kier alpha value is -1.23. The fraction of sp³-hybridized carbons (Fsp3) is 0.429. The fourth-order valence-corrected chi connectivity index (χ4v) is 5.37. The van der Waals surface area contributed by atoms with Crippen LogP contribution in [0.2, 0.25) is 19.6 Å². The summed E-state index contributed by atoms with van der Waals surface area (Å²) in [5, 5.41) is 2.52. The molecule has 2 aromatic rings. The van der Waals surface area contributed by atoms with Crippen molar-refractivity contribution in [3.05, 3.63) is 59.8 Å². The lowest BCUT2D eigenvalue weighted by molar-refractivity contribution is 0.603. The molecule has 3 rings (SSSR count). The molecular weight excluding hydrogens is 342 g/mol. The molecule has 1 heterocycles. The predicted octanol–water partition coefficient (Wildman–Crippen LogP) is 5.46. The lowest BCUT2D eigenvalue weighted by Crippen LogP contribution is -2.28. The molecule has 0 spiro atoms. The Morgan fingerprint density at radius 2 is 1.68 bits per heavy atom. The summed E-state index contributed by atoms with van der Waals surface area (Å²) >= 11 is 0. The van der Waals surface area contributed by atoms with E-state index in [2.05, 4.69) is 99.0 Å². The maximum atomic E-state index is 13.1. The lowest BCUT2D eigenvalue weighted by atomic mass is 10.0. The van der Waals surface area contributed by atoms with E-state index in [9.17, 15) is 4.21 Å². The van der Waals surface area contributed by atoms with Crippen LogP contribution >= 0.6 is 0 Å². The molecule has 1 saturated heterocycles. The van der Waals surface area contributed by atoms with Crippen molar-refractivity contribution in [2.75, 3.05) is 0 Å². The summed E-state index contributed by atoms with van der Waals surface area (Å²) in [6.45, 7) is 13.2. The Morgan fingerprint density at radius 3 is 2.32 bits per heavy atom. The van der Waals surface area contributed by atoms with Gasteiger partial charge in [-0.2, -0.15) is 0 Å². The van der Waals surface area contributed by atoms with Crippen molar-refractivity contribution in [2.45, 2.75) is 57.2 Å².